The van der Waals surface area contributed by atoms with Crippen LogP contribution in [-0.2, 0) is 11.2 Å². The van der Waals surface area contributed by atoms with Crippen LogP contribution in [0, 0.1) is 5.92 Å². The molecule has 0 radical (unpaired) electrons. The first-order valence-corrected chi connectivity index (χ1v) is 5.13. The van der Waals surface area contributed by atoms with Crippen LogP contribution in [-0.4, -0.2) is 17.2 Å². The Balaban J connectivity index is 2.19. The zero-order chi connectivity index (χ0) is 11.0. The van der Waals surface area contributed by atoms with Gasteiger partial charge in [0.25, 0.3) is 0 Å². The van der Waals surface area contributed by atoms with Crippen molar-refractivity contribution in [2.75, 3.05) is 0 Å². The van der Waals surface area contributed by atoms with Gasteiger partial charge in [-0.15, -0.1) is 0 Å². The summed E-state index contributed by atoms with van der Waals surface area (Å²) in [6.07, 6.45) is 0.333. The summed E-state index contributed by atoms with van der Waals surface area (Å²) < 4.78 is 5.55. The van der Waals surface area contributed by atoms with E-state index in [1.807, 2.05) is 6.07 Å². The average Bonchev–Trinajstić information content (AvgIpc) is 2.58. The molecule has 2 atom stereocenters. The van der Waals surface area contributed by atoms with Crippen molar-refractivity contribution >= 4 is 17.6 Å². The molecule has 0 saturated carbocycles. The van der Waals surface area contributed by atoms with Gasteiger partial charge < -0.3 is 9.84 Å². The van der Waals surface area contributed by atoms with Gasteiger partial charge >= 0.3 is 5.97 Å². The minimum atomic E-state index is -0.834. The maximum atomic E-state index is 10.8. The first-order chi connectivity index (χ1) is 7.08. The molecule has 0 aliphatic carbocycles. The van der Waals surface area contributed by atoms with Gasteiger partial charge in [0.1, 0.15) is 11.9 Å². The molecule has 2 unspecified atom stereocenters. The fourth-order valence-corrected chi connectivity index (χ4v) is 1.88. The maximum Gasteiger partial charge on any atom is 0.309 e. The van der Waals surface area contributed by atoms with Crippen molar-refractivity contribution in [1.82, 2.24) is 0 Å². The summed E-state index contributed by atoms with van der Waals surface area (Å²) in [6.45, 7) is 1.65. The quantitative estimate of drug-likeness (QED) is 0.842. The Morgan fingerprint density at radius 1 is 1.67 bits per heavy atom. The molecule has 2 rings (SSSR count). The molecule has 1 aromatic carbocycles. The van der Waals surface area contributed by atoms with E-state index in [1.165, 1.54) is 0 Å². The number of fused-ring (bicyclic) bond motifs is 1. The number of benzene rings is 1. The highest BCUT2D eigenvalue weighted by Crippen LogP contribution is 2.33. The van der Waals surface area contributed by atoms with Gasteiger partial charge in [-0.3, -0.25) is 4.79 Å². The van der Waals surface area contributed by atoms with Crippen LogP contribution in [0.15, 0.2) is 18.2 Å². The van der Waals surface area contributed by atoms with Crippen LogP contribution in [0.3, 0.4) is 0 Å². The van der Waals surface area contributed by atoms with Crippen molar-refractivity contribution in [3.63, 3.8) is 0 Å². The van der Waals surface area contributed by atoms with Crippen LogP contribution in [0.1, 0.15) is 12.5 Å². The number of hydrogen-bond donors (Lipinski definition) is 1. The van der Waals surface area contributed by atoms with E-state index in [0.29, 0.717) is 11.4 Å². The predicted octanol–water partition coefficient (Wildman–Crippen LogP) is 2.36. The van der Waals surface area contributed by atoms with Crippen LogP contribution in [0.25, 0.3) is 0 Å². The summed E-state index contributed by atoms with van der Waals surface area (Å²) >= 11 is 5.84. The van der Waals surface area contributed by atoms with E-state index in [9.17, 15) is 4.79 Å². The van der Waals surface area contributed by atoms with Crippen LogP contribution >= 0.6 is 11.6 Å². The van der Waals surface area contributed by atoms with Crippen LogP contribution in [0.4, 0.5) is 0 Å². The number of rotatable bonds is 2. The molecule has 0 saturated heterocycles. The van der Waals surface area contributed by atoms with Gasteiger partial charge in [-0.2, -0.15) is 0 Å². The summed E-state index contributed by atoms with van der Waals surface area (Å²) in [6, 6.07) is 5.35. The lowest BCUT2D eigenvalue weighted by atomic mass is 10.0. The lowest BCUT2D eigenvalue weighted by molar-refractivity contribution is -0.143. The molecule has 0 aromatic heterocycles. The summed E-state index contributed by atoms with van der Waals surface area (Å²) in [5.41, 5.74) is 0.987. The van der Waals surface area contributed by atoms with E-state index < -0.39 is 11.9 Å². The largest absolute Gasteiger partial charge is 0.489 e. The molecule has 3 nitrogen and oxygen atoms in total. The predicted molar refractivity (Wildman–Crippen MR) is 56.4 cm³/mol. The number of carboxylic acid groups (broad SMARTS) is 1. The SMILES string of the molecule is CC(C(=O)O)C1Cc2cc(Cl)ccc2O1. The van der Waals surface area contributed by atoms with Gasteiger partial charge in [-0.05, 0) is 30.7 Å². The van der Waals surface area contributed by atoms with Crippen molar-refractivity contribution in [3.8, 4) is 5.75 Å². The van der Waals surface area contributed by atoms with Crippen molar-refractivity contribution in [1.29, 1.82) is 0 Å². The Morgan fingerprint density at radius 2 is 2.40 bits per heavy atom. The molecule has 0 fully saturated rings. The van der Waals surface area contributed by atoms with E-state index in [-0.39, 0.29) is 6.10 Å². The monoisotopic (exact) mass is 226 g/mol. The van der Waals surface area contributed by atoms with Crippen LogP contribution in [0.5, 0.6) is 5.75 Å². The van der Waals surface area contributed by atoms with E-state index in [0.717, 1.165) is 11.3 Å². The zero-order valence-electron chi connectivity index (χ0n) is 8.24. The molecule has 1 aromatic rings. The van der Waals surface area contributed by atoms with E-state index >= 15 is 0 Å². The third-order valence-electron chi connectivity index (χ3n) is 2.67. The van der Waals surface area contributed by atoms with Crippen molar-refractivity contribution < 1.29 is 14.6 Å². The average molecular weight is 227 g/mol. The van der Waals surface area contributed by atoms with Crippen molar-refractivity contribution in [2.24, 2.45) is 5.92 Å². The van der Waals surface area contributed by atoms with E-state index in [2.05, 4.69) is 0 Å². The Bertz CT molecular complexity index is 403. The molecular formula is C11H11ClO3. The van der Waals surface area contributed by atoms with Gasteiger partial charge in [0, 0.05) is 11.4 Å². The van der Waals surface area contributed by atoms with Gasteiger partial charge in [0.2, 0.25) is 0 Å². The Morgan fingerprint density at radius 3 is 3.07 bits per heavy atom. The Labute approximate surface area is 92.6 Å². The number of hydrogen-bond acceptors (Lipinski definition) is 2. The third kappa shape index (κ3) is 1.92. The van der Waals surface area contributed by atoms with Gasteiger partial charge in [0.05, 0.1) is 5.92 Å². The molecule has 1 heterocycles. The zero-order valence-corrected chi connectivity index (χ0v) is 8.99. The van der Waals surface area contributed by atoms with Crippen molar-refractivity contribution in [3.05, 3.63) is 28.8 Å². The summed E-state index contributed by atoms with van der Waals surface area (Å²) in [5.74, 6) is -0.590. The van der Waals surface area contributed by atoms with Gasteiger partial charge in [-0.1, -0.05) is 11.6 Å². The Kier molecular flexibility index (Phi) is 2.57. The molecule has 15 heavy (non-hydrogen) atoms. The molecule has 0 bridgehead atoms. The first kappa shape index (κ1) is 10.3. The molecule has 80 valence electrons. The lowest BCUT2D eigenvalue weighted by Gasteiger charge is -2.14. The highest BCUT2D eigenvalue weighted by molar-refractivity contribution is 6.30. The highest BCUT2D eigenvalue weighted by atomic mass is 35.5. The smallest absolute Gasteiger partial charge is 0.309 e. The van der Waals surface area contributed by atoms with Crippen molar-refractivity contribution in [2.45, 2.75) is 19.4 Å². The standard InChI is InChI=1S/C11H11ClO3/c1-6(11(13)14)10-5-7-4-8(12)2-3-9(7)15-10/h2-4,6,10H,5H2,1H3,(H,13,14). The summed E-state index contributed by atoms with van der Waals surface area (Å²) in [7, 11) is 0. The molecular weight excluding hydrogens is 216 g/mol. The minimum Gasteiger partial charge on any atom is -0.489 e. The molecule has 1 N–H and O–H groups in total. The summed E-state index contributed by atoms with van der Waals surface area (Å²) in [5, 5.41) is 9.52. The lowest BCUT2D eigenvalue weighted by Crippen LogP contribution is -2.29. The molecule has 0 amide bonds. The third-order valence-corrected chi connectivity index (χ3v) is 2.90. The number of halogens is 1. The molecule has 0 spiro atoms. The fourth-order valence-electron chi connectivity index (χ4n) is 1.68. The second-order valence-electron chi connectivity index (χ2n) is 3.74. The van der Waals surface area contributed by atoms with E-state index in [1.54, 1.807) is 19.1 Å². The normalized spacial score (nSPS) is 20.5. The topological polar surface area (TPSA) is 46.5 Å². The molecule has 1 aliphatic rings. The second-order valence-corrected chi connectivity index (χ2v) is 4.18. The van der Waals surface area contributed by atoms with Crippen LogP contribution in [0.2, 0.25) is 5.02 Å². The fraction of sp³-hybridized carbons (Fsp3) is 0.364. The van der Waals surface area contributed by atoms with Gasteiger partial charge in [0.15, 0.2) is 0 Å². The summed E-state index contributed by atoms with van der Waals surface area (Å²) in [4.78, 5) is 10.8. The number of carbonyl (C=O) groups is 1. The second kappa shape index (κ2) is 3.74. The number of carboxylic acids is 1. The maximum absolute atomic E-state index is 10.8. The van der Waals surface area contributed by atoms with Gasteiger partial charge in [-0.25, -0.2) is 0 Å². The minimum absolute atomic E-state index is 0.282. The first-order valence-electron chi connectivity index (χ1n) is 4.76. The van der Waals surface area contributed by atoms with Crippen LogP contribution < -0.4 is 4.74 Å². The number of aliphatic carboxylic acids is 1. The molecule has 1 aliphatic heterocycles. The highest BCUT2D eigenvalue weighted by Gasteiger charge is 2.31. The molecule has 4 heteroatoms. The van der Waals surface area contributed by atoms with E-state index in [4.69, 9.17) is 21.4 Å². The Hall–Kier alpha value is -1.22. The number of ether oxygens (including phenoxy) is 1.